The maximum Gasteiger partial charge on any atom is 0.407 e. The van der Waals surface area contributed by atoms with Gasteiger partial charge in [0.05, 0.1) is 12.6 Å². The van der Waals surface area contributed by atoms with Crippen molar-refractivity contribution < 1.29 is 29.0 Å². The van der Waals surface area contributed by atoms with Crippen LogP contribution in [0.5, 0.6) is 5.75 Å². The summed E-state index contributed by atoms with van der Waals surface area (Å²) in [7, 11) is 0. The fraction of sp³-hybridized carbons (Fsp3) is 0.524. The van der Waals surface area contributed by atoms with Gasteiger partial charge in [0.1, 0.15) is 17.8 Å². The molecular weight excluding hydrogens is 390 g/mol. The van der Waals surface area contributed by atoms with Gasteiger partial charge in [0.25, 0.3) is 0 Å². The quantitative estimate of drug-likeness (QED) is 0.450. The Hall–Kier alpha value is -3.10. The molecule has 0 unspecified atom stereocenters. The smallest absolute Gasteiger partial charge is 0.407 e. The number of carbonyl (C=O) groups excluding carboxylic acids is 4. The van der Waals surface area contributed by atoms with E-state index in [1.165, 1.54) is 26.0 Å². The second-order valence-electron chi connectivity index (χ2n) is 7.36. The molecule has 9 heteroatoms. The van der Waals surface area contributed by atoms with E-state index in [1.807, 2.05) is 13.8 Å². The van der Waals surface area contributed by atoms with E-state index < -0.39 is 36.0 Å². The predicted octanol–water partition coefficient (Wildman–Crippen LogP) is 1.28. The van der Waals surface area contributed by atoms with Crippen LogP contribution in [0.3, 0.4) is 0 Å². The molecule has 0 saturated carbocycles. The largest absolute Gasteiger partial charge is 0.508 e. The molecule has 0 aliphatic heterocycles. The molecule has 3 amide bonds. The fourth-order valence-electron chi connectivity index (χ4n) is 2.78. The average Bonchev–Trinajstić information content (AvgIpc) is 2.66. The van der Waals surface area contributed by atoms with E-state index in [-0.39, 0.29) is 30.5 Å². The highest BCUT2D eigenvalue weighted by Crippen LogP contribution is 2.12. The van der Waals surface area contributed by atoms with E-state index in [0.29, 0.717) is 5.56 Å². The van der Waals surface area contributed by atoms with Crippen molar-refractivity contribution in [2.75, 3.05) is 6.61 Å². The summed E-state index contributed by atoms with van der Waals surface area (Å²) in [4.78, 5) is 48.8. The number of amides is 3. The van der Waals surface area contributed by atoms with Gasteiger partial charge in [-0.1, -0.05) is 26.0 Å². The van der Waals surface area contributed by atoms with Crippen LogP contribution in [0.1, 0.15) is 40.2 Å². The van der Waals surface area contributed by atoms with Crippen LogP contribution in [0, 0.1) is 5.92 Å². The number of carbonyl (C=O) groups is 4. The highest BCUT2D eigenvalue weighted by atomic mass is 16.5. The summed E-state index contributed by atoms with van der Waals surface area (Å²) in [6.45, 7) is 8.28. The molecule has 30 heavy (non-hydrogen) atoms. The van der Waals surface area contributed by atoms with Gasteiger partial charge in [-0.2, -0.15) is 0 Å². The number of phenolic OH excluding ortho intramolecular Hbond substituents is 1. The van der Waals surface area contributed by atoms with E-state index in [4.69, 9.17) is 4.74 Å². The predicted molar refractivity (Wildman–Crippen MR) is 111 cm³/mol. The summed E-state index contributed by atoms with van der Waals surface area (Å²) in [5, 5.41) is 17.1. The topological polar surface area (TPSA) is 134 Å². The van der Waals surface area contributed by atoms with E-state index >= 15 is 0 Å². The van der Waals surface area contributed by atoms with Gasteiger partial charge in [-0.3, -0.25) is 14.4 Å². The molecule has 9 nitrogen and oxygen atoms in total. The zero-order valence-corrected chi connectivity index (χ0v) is 18.0. The maximum atomic E-state index is 12.9. The molecule has 4 N–H and O–H groups in total. The Morgan fingerprint density at radius 2 is 1.57 bits per heavy atom. The Bertz CT molecular complexity index is 748. The molecule has 0 heterocycles. The van der Waals surface area contributed by atoms with E-state index in [2.05, 4.69) is 16.0 Å². The monoisotopic (exact) mass is 421 g/mol. The summed E-state index contributed by atoms with van der Waals surface area (Å²) >= 11 is 0. The molecule has 0 aromatic heterocycles. The normalized spacial score (nSPS) is 13.7. The summed E-state index contributed by atoms with van der Waals surface area (Å²) in [6, 6.07) is 3.60. The molecule has 0 aliphatic carbocycles. The van der Waals surface area contributed by atoms with Crippen LogP contribution < -0.4 is 16.0 Å². The number of phenols is 1. The highest BCUT2D eigenvalue weighted by Gasteiger charge is 2.28. The second kappa shape index (κ2) is 11.8. The standard InChI is InChI=1S/C21H31N3O6/c1-6-30-21(29)22-13(4)19(27)23-17(11-15-7-9-16(26)10-8-15)20(28)24-18(12(2)3)14(5)25/h7-10,12-13,17-18,26H,6,11H2,1-5H3,(H,22,29)(H,23,27)(H,24,28)/t13-,17-,18-/m0/s1. The number of Topliss-reactive ketones (excluding diaryl/α,β-unsaturated/α-hetero) is 1. The minimum Gasteiger partial charge on any atom is -0.508 e. The lowest BCUT2D eigenvalue weighted by atomic mass is 9.99. The van der Waals surface area contributed by atoms with Gasteiger partial charge in [-0.25, -0.2) is 4.79 Å². The molecule has 0 saturated heterocycles. The third-order valence-corrected chi connectivity index (χ3v) is 4.41. The van der Waals surface area contributed by atoms with Crippen LogP contribution >= 0.6 is 0 Å². The Kier molecular flexibility index (Phi) is 9.80. The van der Waals surface area contributed by atoms with Crippen LogP contribution in [0.4, 0.5) is 4.79 Å². The molecule has 1 aromatic carbocycles. The van der Waals surface area contributed by atoms with Crippen molar-refractivity contribution in [3.8, 4) is 5.75 Å². The Balaban J connectivity index is 2.97. The molecule has 0 fully saturated rings. The van der Waals surface area contributed by atoms with E-state index in [1.54, 1.807) is 19.1 Å². The molecule has 166 valence electrons. The number of ether oxygens (including phenoxy) is 1. The van der Waals surface area contributed by atoms with Gasteiger partial charge in [0.15, 0.2) is 5.78 Å². The van der Waals surface area contributed by atoms with Crippen LogP contribution in [0.15, 0.2) is 24.3 Å². The number of hydrogen-bond donors (Lipinski definition) is 4. The minimum atomic E-state index is -0.992. The molecule has 1 aromatic rings. The van der Waals surface area contributed by atoms with Gasteiger partial charge < -0.3 is 25.8 Å². The number of rotatable bonds is 10. The van der Waals surface area contributed by atoms with Gasteiger partial charge in [0, 0.05) is 6.42 Å². The van der Waals surface area contributed by atoms with Crippen LogP contribution in [0.2, 0.25) is 0 Å². The number of nitrogens with one attached hydrogen (secondary N) is 3. The average molecular weight is 421 g/mol. The third kappa shape index (κ3) is 8.10. The lowest BCUT2D eigenvalue weighted by Crippen LogP contribution is -2.56. The first-order chi connectivity index (χ1) is 14.0. The number of benzene rings is 1. The lowest BCUT2D eigenvalue weighted by Gasteiger charge is -2.25. The summed E-state index contributed by atoms with van der Waals surface area (Å²) in [5.74, 6) is -1.33. The molecule has 0 radical (unpaired) electrons. The summed E-state index contributed by atoms with van der Waals surface area (Å²) < 4.78 is 4.76. The number of alkyl carbamates (subject to hydrolysis) is 1. The van der Waals surface area contributed by atoms with Crippen molar-refractivity contribution in [1.29, 1.82) is 0 Å². The lowest BCUT2D eigenvalue weighted by molar-refractivity contribution is -0.132. The number of aromatic hydroxyl groups is 1. The molecule has 0 bridgehead atoms. The zero-order chi connectivity index (χ0) is 22.8. The van der Waals surface area contributed by atoms with Crippen LogP contribution in [0.25, 0.3) is 0 Å². The van der Waals surface area contributed by atoms with Crippen molar-refractivity contribution in [2.45, 2.75) is 59.2 Å². The maximum absolute atomic E-state index is 12.9. The third-order valence-electron chi connectivity index (χ3n) is 4.41. The summed E-state index contributed by atoms with van der Waals surface area (Å²) in [5.41, 5.74) is 0.697. The van der Waals surface area contributed by atoms with Gasteiger partial charge >= 0.3 is 6.09 Å². The molecule has 3 atom stereocenters. The SMILES string of the molecule is CCOC(=O)N[C@@H](C)C(=O)N[C@@H](Cc1ccc(O)cc1)C(=O)N[C@H](C(C)=O)C(C)C. The molecule has 0 spiro atoms. The zero-order valence-electron chi connectivity index (χ0n) is 18.0. The highest BCUT2D eigenvalue weighted by molar-refractivity contribution is 5.93. The Morgan fingerprint density at radius 1 is 0.967 bits per heavy atom. The minimum absolute atomic E-state index is 0.0764. The van der Waals surface area contributed by atoms with Crippen molar-refractivity contribution in [1.82, 2.24) is 16.0 Å². The fourth-order valence-corrected chi connectivity index (χ4v) is 2.78. The first-order valence-corrected chi connectivity index (χ1v) is 9.87. The second-order valence-corrected chi connectivity index (χ2v) is 7.36. The number of ketones is 1. The summed E-state index contributed by atoms with van der Waals surface area (Å²) in [6.07, 6.45) is -0.608. The first-order valence-electron chi connectivity index (χ1n) is 9.87. The van der Waals surface area contributed by atoms with Crippen LogP contribution in [-0.2, 0) is 25.5 Å². The molecular formula is C21H31N3O6. The Morgan fingerprint density at radius 3 is 2.07 bits per heavy atom. The van der Waals surface area contributed by atoms with E-state index in [0.717, 1.165) is 0 Å². The van der Waals surface area contributed by atoms with Crippen molar-refractivity contribution >= 4 is 23.7 Å². The molecule has 1 rings (SSSR count). The molecule has 0 aliphatic rings. The van der Waals surface area contributed by atoms with Crippen molar-refractivity contribution in [3.63, 3.8) is 0 Å². The van der Waals surface area contributed by atoms with Gasteiger partial charge in [-0.05, 0) is 44.4 Å². The van der Waals surface area contributed by atoms with Crippen LogP contribution in [-0.4, -0.2) is 53.5 Å². The first kappa shape index (κ1) is 24.9. The Labute approximate surface area is 176 Å². The van der Waals surface area contributed by atoms with E-state index in [9.17, 15) is 24.3 Å². The van der Waals surface area contributed by atoms with Gasteiger partial charge in [0.2, 0.25) is 11.8 Å². The van der Waals surface area contributed by atoms with Crippen molar-refractivity contribution in [3.05, 3.63) is 29.8 Å². The van der Waals surface area contributed by atoms with Crippen molar-refractivity contribution in [2.24, 2.45) is 5.92 Å². The van der Waals surface area contributed by atoms with Gasteiger partial charge in [-0.15, -0.1) is 0 Å². The number of hydrogen-bond acceptors (Lipinski definition) is 6.